The molecule has 4 heteroatoms. The van der Waals surface area contributed by atoms with Gasteiger partial charge in [0.15, 0.2) is 0 Å². The Labute approximate surface area is 96.6 Å². The Morgan fingerprint density at radius 2 is 2.19 bits per heavy atom. The molecule has 0 fully saturated rings. The fourth-order valence-electron chi connectivity index (χ4n) is 1.53. The van der Waals surface area contributed by atoms with E-state index in [0.29, 0.717) is 19.7 Å². The lowest BCUT2D eigenvalue weighted by Gasteiger charge is -2.09. The Balaban J connectivity index is 2.21. The van der Waals surface area contributed by atoms with Crippen LogP contribution in [-0.4, -0.2) is 24.9 Å². The first-order valence-electron chi connectivity index (χ1n) is 5.71. The number of aliphatic hydroxyl groups is 1. The molecule has 1 unspecified atom stereocenters. The summed E-state index contributed by atoms with van der Waals surface area (Å²) in [6, 6.07) is 3.83. The summed E-state index contributed by atoms with van der Waals surface area (Å²) in [5, 5.41) is 12.7. The molecule has 0 aromatic carbocycles. The van der Waals surface area contributed by atoms with Crippen molar-refractivity contribution in [3.05, 3.63) is 23.7 Å². The van der Waals surface area contributed by atoms with E-state index in [9.17, 15) is 5.11 Å². The van der Waals surface area contributed by atoms with Crippen LogP contribution in [0.25, 0.3) is 0 Å². The van der Waals surface area contributed by atoms with Crippen molar-refractivity contribution in [3.8, 4) is 0 Å². The molecule has 0 aliphatic heterocycles. The Hall–Kier alpha value is -0.840. The number of methoxy groups -OCH3 is 1. The largest absolute Gasteiger partial charge is 0.462 e. The molecule has 92 valence electrons. The highest BCUT2D eigenvalue weighted by Gasteiger charge is 2.04. The fraction of sp³-hybridized carbons (Fsp3) is 0.667. The molecular weight excluding hydrogens is 206 g/mol. The molecule has 0 saturated carbocycles. The summed E-state index contributed by atoms with van der Waals surface area (Å²) >= 11 is 0. The third-order valence-corrected chi connectivity index (χ3v) is 2.30. The van der Waals surface area contributed by atoms with Crippen molar-refractivity contribution >= 4 is 0 Å². The Morgan fingerprint density at radius 3 is 2.88 bits per heavy atom. The van der Waals surface area contributed by atoms with Gasteiger partial charge in [-0.1, -0.05) is 13.3 Å². The van der Waals surface area contributed by atoms with Gasteiger partial charge in [0.25, 0.3) is 0 Å². The number of rotatable bonds is 8. The van der Waals surface area contributed by atoms with Crippen LogP contribution in [0.2, 0.25) is 0 Å². The first-order valence-corrected chi connectivity index (χ1v) is 5.71. The van der Waals surface area contributed by atoms with Crippen LogP contribution in [0, 0.1) is 0 Å². The molecule has 0 bridgehead atoms. The molecule has 0 radical (unpaired) electrons. The van der Waals surface area contributed by atoms with E-state index < -0.39 is 0 Å². The minimum absolute atomic E-state index is 0.265. The highest BCUT2D eigenvalue weighted by atomic mass is 16.5. The topological polar surface area (TPSA) is 54.6 Å². The summed E-state index contributed by atoms with van der Waals surface area (Å²) < 4.78 is 10.5. The van der Waals surface area contributed by atoms with Crippen molar-refractivity contribution in [2.75, 3.05) is 13.7 Å². The van der Waals surface area contributed by atoms with Crippen LogP contribution in [0.5, 0.6) is 0 Å². The summed E-state index contributed by atoms with van der Waals surface area (Å²) in [7, 11) is 1.64. The summed E-state index contributed by atoms with van der Waals surface area (Å²) in [6.07, 6.45) is 1.57. The van der Waals surface area contributed by atoms with Crippen LogP contribution in [0.3, 0.4) is 0 Å². The average Bonchev–Trinajstić information content (AvgIpc) is 2.67. The van der Waals surface area contributed by atoms with Gasteiger partial charge < -0.3 is 19.6 Å². The molecule has 1 rings (SSSR count). The maximum absolute atomic E-state index is 9.50. The third kappa shape index (κ3) is 4.79. The van der Waals surface area contributed by atoms with E-state index in [1.165, 1.54) is 0 Å². The quantitative estimate of drug-likeness (QED) is 0.709. The molecule has 1 atom stereocenters. The smallest absolute Gasteiger partial charge is 0.129 e. The van der Waals surface area contributed by atoms with Gasteiger partial charge in [0.1, 0.15) is 18.1 Å². The molecule has 0 saturated heterocycles. The number of ether oxygens (including phenoxy) is 1. The van der Waals surface area contributed by atoms with E-state index in [4.69, 9.17) is 9.15 Å². The van der Waals surface area contributed by atoms with E-state index in [1.54, 1.807) is 7.11 Å². The molecule has 0 spiro atoms. The van der Waals surface area contributed by atoms with Gasteiger partial charge >= 0.3 is 0 Å². The second-order valence-electron chi connectivity index (χ2n) is 3.87. The zero-order valence-electron chi connectivity index (χ0n) is 10.0. The zero-order chi connectivity index (χ0) is 11.8. The second-order valence-corrected chi connectivity index (χ2v) is 3.87. The van der Waals surface area contributed by atoms with E-state index in [1.807, 2.05) is 12.1 Å². The van der Waals surface area contributed by atoms with Crippen LogP contribution < -0.4 is 5.32 Å². The minimum Gasteiger partial charge on any atom is -0.462 e. The standard InChI is InChI=1S/C12H21NO3/c1-3-4-10(14)7-13-8-11-5-6-12(16-11)9-15-2/h5-6,10,13-14H,3-4,7-9H2,1-2H3. The van der Waals surface area contributed by atoms with Crippen molar-refractivity contribution < 1.29 is 14.3 Å². The second kappa shape index (κ2) is 7.44. The summed E-state index contributed by atoms with van der Waals surface area (Å²) in [6.45, 7) is 3.81. The summed E-state index contributed by atoms with van der Waals surface area (Å²) in [5.74, 6) is 1.70. The minimum atomic E-state index is -0.265. The molecule has 16 heavy (non-hydrogen) atoms. The number of hydrogen-bond acceptors (Lipinski definition) is 4. The van der Waals surface area contributed by atoms with Gasteiger partial charge in [0, 0.05) is 13.7 Å². The Kier molecular flexibility index (Phi) is 6.15. The van der Waals surface area contributed by atoms with Crippen molar-refractivity contribution in [3.63, 3.8) is 0 Å². The highest BCUT2D eigenvalue weighted by Crippen LogP contribution is 2.08. The maximum Gasteiger partial charge on any atom is 0.129 e. The van der Waals surface area contributed by atoms with Gasteiger partial charge in [-0.05, 0) is 18.6 Å². The van der Waals surface area contributed by atoms with Gasteiger partial charge in [0.05, 0.1) is 12.6 Å². The monoisotopic (exact) mass is 227 g/mol. The van der Waals surface area contributed by atoms with Crippen LogP contribution >= 0.6 is 0 Å². The fourth-order valence-corrected chi connectivity index (χ4v) is 1.53. The van der Waals surface area contributed by atoms with Gasteiger partial charge in [0.2, 0.25) is 0 Å². The van der Waals surface area contributed by atoms with Gasteiger partial charge in [-0.2, -0.15) is 0 Å². The van der Waals surface area contributed by atoms with E-state index in [0.717, 1.165) is 24.4 Å². The normalized spacial score (nSPS) is 12.9. The molecule has 4 nitrogen and oxygen atoms in total. The predicted molar refractivity (Wildman–Crippen MR) is 62.0 cm³/mol. The van der Waals surface area contributed by atoms with Crippen molar-refractivity contribution in [2.24, 2.45) is 0 Å². The lowest BCUT2D eigenvalue weighted by Crippen LogP contribution is -2.25. The summed E-state index contributed by atoms with van der Waals surface area (Å²) in [5.41, 5.74) is 0. The average molecular weight is 227 g/mol. The Bertz CT molecular complexity index is 286. The maximum atomic E-state index is 9.50. The SMILES string of the molecule is CCCC(O)CNCc1ccc(COC)o1. The molecule has 1 aromatic heterocycles. The number of aliphatic hydroxyl groups excluding tert-OH is 1. The molecular formula is C12H21NO3. The van der Waals surface area contributed by atoms with E-state index in [-0.39, 0.29) is 6.10 Å². The van der Waals surface area contributed by atoms with Crippen molar-refractivity contribution in [1.29, 1.82) is 0 Å². The first kappa shape index (κ1) is 13.2. The molecule has 0 aliphatic rings. The predicted octanol–water partition coefficient (Wildman–Crippen LogP) is 1.68. The van der Waals surface area contributed by atoms with Crippen molar-refractivity contribution in [2.45, 2.75) is 39.0 Å². The van der Waals surface area contributed by atoms with Crippen LogP contribution in [0.1, 0.15) is 31.3 Å². The van der Waals surface area contributed by atoms with Crippen LogP contribution in [-0.2, 0) is 17.9 Å². The van der Waals surface area contributed by atoms with Crippen molar-refractivity contribution in [1.82, 2.24) is 5.32 Å². The number of hydrogen-bond donors (Lipinski definition) is 2. The molecule has 1 aromatic rings. The van der Waals surface area contributed by atoms with Gasteiger partial charge in [-0.15, -0.1) is 0 Å². The Morgan fingerprint density at radius 1 is 1.44 bits per heavy atom. The van der Waals surface area contributed by atoms with Gasteiger partial charge in [-0.25, -0.2) is 0 Å². The molecule has 2 N–H and O–H groups in total. The van der Waals surface area contributed by atoms with Crippen LogP contribution in [0.15, 0.2) is 16.5 Å². The third-order valence-electron chi connectivity index (χ3n) is 2.30. The first-order chi connectivity index (χ1) is 7.76. The van der Waals surface area contributed by atoms with E-state index >= 15 is 0 Å². The zero-order valence-corrected chi connectivity index (χ0v) is 10.0. The number of furan rings is 1. The molecule has 1 heterocycles. The lowest BCUT2D eigenvalue weighted by molar-refractivity contribution is 0.156. The highest BCUT2D eigenvalue weighted by molar-refractivity contribution is 5.06. The number of nitrogens with one attached hydrogen (secondary N) is 1. The summed E-state index contributed by atoms with van der Waals surface area (Å²) in [4.78, 5) is 0. The lowest BCUT2D eigenvalue weighted by atomic mass is 10.2. The van der Waals surface area contributed by atoms with E-state index in [2.05, 4.69) is 12.2 Å². The van der Waals surface area contributed by atoms with Crippen LogP contribution in [0.4, 0.5) is 0 Å². The molecule has 0 aliphatic carbocycles. The molecule has 0 amide bonds. The van der Waals surface area contributed by atoms with Gasteiger partial charge in [-0.3, -0.25) is 0 Å².